The lowest BCUT2D eigenvalue weighted by atomic mass is 10.1. The number of rotatable bonds is 7. The van der Waals surface area contributed by atoms with Crippen molar-refractivity contribution in [3.8, 4) is 0 Å². The van der Waals surface area contributed by atoms with Gasteiger partial charge in [-0.05, 0) is 70.0 Å². The van der Waals surface area contributed by atoms with Crippen LogP contribution in [0, 0.1) is 0 Å². The molecule has 1 aliphatic heterocycles. The van der Waals surface area contributed by atoms with Crippen LogP contribution in [0.5, 0.6) is 0 Å². The summed E-state index contributed by atoms with van der Waals surface area (Å²) < 4.78 is 5.31. The molecule has 2 N–H and O–H groups in total. The van der Waals surface area contributed by atoms with Gasteiger partial charge in [-0.2, -0.15) is 0 Å². The van der Waals surface area contributed by atoms with E-state index in [1.54, 1.807) is 12.1 Å². The Morgan fingerprint density at radius 2 is 1.86 bits per heavy atom. The summed E-state index contributed by atoms with van der Waals surface area (Å²) in [5, 5.41) is 14.4. The number of nitrogens with zero attached hydrogens (tertiary/aromatic N) is 3. The largest absolute Gasteiger partial charge is 0.381 e. The summed E-state index contributed by atoms with van der Waals surface area (Å²) in [6.45, 7) is 8.86. The van der Waals surface area contributed by atoms with E-state index in [1.165, 1.54) is 5.69 Å². The number of aromatic nitrogens is 2. The number of hydrogen-bond donors (Lipinski definition) is 2. The Bertz CT molecular complexity index is 755. The second-order valence-corrected chi connectivity index (χ2v) is 7.22. The highest BCUT2D eigenvalue weighted by Crippen LogP contribution is 2.21. The Morgan fingerprint density at radius 1 is 1.14 bits per heavy atom. The summed E-state index contributed by atoms with van der Waals surface area (Å²) in [6.07, 6.45) is 1.67. The maximum Gasteiger partial charge on any atom is 0.272 e. The first kappa shape index (κ1) is 20.1. The molecule has 1 fully saturated rings. The number of ether oxygens (including phenoxy) is 1. The predicted molar refractivity (Wildman–Crippen MR) is 111 cm³/mol. The minimum Gasteiger partial charge on any atom is -0.381 e. The van der Waals surface area contributed by atoms with Crippen LogP contribution in [0.2, 0.25) is 0 Å². The molecule has 3 rings (SSSR count). The monoisotopic (exact) mass is 383 g/mol. The van der Waals surface area contributed by atoms with E-state index in [9.17, 15) is 4.79 Å². The topological polar surface area (TPSA) is 79.4 Å². The van der Waals surface area contributed by atoms with Crippen LogP contribution >= 0.6 is 0 Å². The van der Waals surface area contributed by atoms with Gasteiger partial charge in [-0.15, -0.1) is 10.2 Å². The van der Waals surface area contributed by atoms with E-state index in [0.29, 0.717) is 30.8 Å². The van der Waals surface area contributed by atoms with E-state index in [2.05, 4.69) is 58.6 Å². The van der Waals surface area contributed by atoms with E-state index in [0.717, 1.165) is 25.1 Å². The van der Waals surface area contributed by atoms with Crippen molar-refractivity contribution in [2.75, 3.05) is 30.0 Å². The van der Waals surface area contributed by atoms with Crippen molar-refractivity contribution >= 4 is 23.1 Å². The molecule has 1 amide bonds. The van der Waals surface area contributed by atoms with Gasteiger partial charge in [0.1, 0.15) is 0 Å². The van der Waals surface area contributed by atoms with Crippen LogP contribution in [0.25, 0.3) is 0 Å². The Hall–Kier alpha value is -2.67. The summed E-state index contributed by atoms with van der Waals surface area (Å²) in [5.74, 6) is 0.412. The third-order valence-electron chi connectivity index (χ3n) is 4.89. The van der Waals surface area contributed by atoms with Gasteiger partial charge in [0.25, 0.3) is 5.91 Å². The Kier molecular flexibility index (Phi) is 6.81. The van der Waals surface area contributed by atoms with Crippen LogP contribution in [0.4, 0.5) is 17.2 Å². The summed E-state index contributed by atoms with van der Waals surface area (Å²) in [4.78, 5) is 14.6. The third-order valence-corrected chi connectivity index (χ3v) is 4.89. The van der Waals surface area contributed by atoms with Crippen LogP contribution in [0.1, 0.15) is 44.1 Å². The lowest BCUT2D eigenvalue weighted by Gasteiger charge is -2.27. The van der Waals surface area contributed by atoms with Gasteiger partial charge < -0.3 is 20.3 Å². The van der Waals surface area contributed by atoms with Crippen molar-refractivity contribution in [2.24, 2.45) is 0 Å². The molecule has 1 saturated heterocycles. The van der Waals surface area contributed by atoms with E-state index < -0.39 is 0 Å². The minimum absolute atomic E-state index is 0.146. The number of anilines is 3. The van der Waals surface area contributed by atoms with Gasteiger partial charge in [0, 0.05) is 43.2 Å². The van der Waals surface area contributed by atoms with Gasteiger partial charge in [0.05, 0.1) is 0 Å². The number of amides is 1. The van der Waals surface area contributed by atoms with Gasteiger partial charge in [0.15, 0.2) is 11.5 Å². The first-order valence-corrected chi connectivity index (χ1v) is 9.93. The van der Waals surface area contributed by atoms with Gasteiger partial charge in [-0.3, -0.25) is 4.79 Å². The quantitative estimate of drug-likeness (QED) is 0.763. The molecule has 7 nitrogen and oxygen atoms in total. The number of carbonyl (C=O) groups excluding carboxylic acids is 1. The Balaban J connectivity index is 1.58. The molecule has 0 spiro atoms. The van der Waals surface area contributed by atoms with Gasteiger partial charge >= 0.3 is 0 Å². The molecule has 0 atom stereocenters. The normalized spacial score (nSPS) is 14.7. The smallest absolute Gasteiger partial charge is 0.272 e. The number of benzene rings is 1. The summed E-state index contributed by atoms with van der Waals surface area (Å²) in [6, 6.07) is 12.3. The van der Waals surface area contributed by atoms with Crippen molar-refractivity contribution in [1.82, 2.24) is 15.5 Å². The summed E-state index contributed by atoms with van der Waals surface area (Å²) >= 11 is 0. The molecule has 0 aliphatic carbocycles. The zero-order chi connectivity index (χ0) is 19.9. The van der Waals surface area contributed by atoms with Gasteiger partial charge in [0.2, 0.25) is 0 Å². The molecule has 1 aromatic carbocycles. The van der Waals surface area contributed by atoms with Crippen molar-refractivity contribution in [3.05, 3.63) is 42.1 Å². The molecule has 0 unspecified atom stereocenters. The van der Waals surface area contributed by atoms with Crippen LogP contribution < -0.4 is 15.5 Å². The van der Waals surface area contributed by atoms with Gasteiger partial charge in [-0.25, -0.2) is 0 Å². The molecule has 28 heavy (non-hydrogen) atoms. The molecule has 0 radical (unpaired) electrons. The molecule has 1 aliphatic rings. The lowest BCUT2D eigenvalue weighted by Crippen LogP contribution is -2.39. The molecule has 0 bridgehead atoms. The van der Waals surface area contributed by atoms with Crippen molar-refractivity contribution in [1.29, 1.82) is 0 Å². The van der Waals surface area contributed by atoms with Crippen LogP contribution in [-0.4, -0.2) is 47.9 Å². The highest BCUT2D eigenvalue weighted by Gasteiger charge is 2.18. The summed E-state index contributed by atoms with van der Waals surface area (Å²) in [7, 11) is 0. The van der Waals surface area contributed by atoms with Crippen LogP contribution in [-0.2, 0) is 4.74 Å². The molecule has 150 valence electrons. The second-order valence-electron chi connectivity index (χ2n) is 7.22. The maximum atomic E-state index is 12.3. The number of hydrogen-bond acceptors (Lipinski definition) is 6. The molecule has 2 heterocycles. The molecule has 7 heteroatoms. The van der Waals surface area contributed by atoms with Crippen LogP contribution in [0.3, 0.4) is 0 Å². The van der Waals surface area contributed by atoms with Gasteiger partial charge in [-0.1, -0.05) is 0 Å². The molecular formula is C21H29N5O2. The Morgan fingerprint density at radius 3 is 2.43 bits per heavy atom. The number of carbonyl (C=O) groups is 1. The average Bonchev–Trinajstić information content (AvgIpc) is 2.71. The summed E-state index contributed by atoms with van der Waals surface area (Å²) in [5.41, 5.74) is 2.44. The Labute approximate surface area is 166 Å². The zero-order valence-corrected chi connectivity index (χ0v) is 16.8. The van der Waals surface area contributed by atoms with E-state index >= 15 is 0 Å². The zero-order valence-electron chi connectivity index (χ0n) is 16.8. The molecule has 0 saturated carbocycles. The van der Waals surface area contributed by atoms with Crippen molar-refractivity contribution in [2.45, 2.75) is 45.7 Å². The van der Waals surface area contributed by atoms with Crippen LogP contribution in [0.15, 0.2) is 36.4 Å². The first-order chi connectivity index (χ1) is 13.6. The standard InChI is InChI=1S/C21H29N5O2/c1-4-26(15(2)3)18-7-5-16(6-8-18)22-20-10-9-19(24-25-20)21(27)23-17-11-13-28-14-12-17/h5-10,15,17H,4,11-14H2,1-3H3,(H,22,25)(H,23,27). The first-order valence-electron chi connectivity index (χ1n) is 9.93. The molecular weight excluding hydrogens is 354 g/mol. The number of nitrogens with one attached hydrogen (secondary N) is 2. The van der Waals surface area contributed by atoms with E-state index in [1.807, 2.05) is 12.1 Å². The third kappa shape index (κ3) is 5.19. The average molecular weight is 383 g/mol. The molecule has 2 aromatic rings. The predicted octanol–water partition coefficient (Wildman–Crippen LogP) is 3.36. The second kappa shape index (κ2) is 9.50. The maximum absolute atomic E-state index is 12.3. The highest BCUT2D eigenvalue weighted by atomic mass is 16.5. The van der Waals surface area contributed by atoms with E-state index in [4.69, 9.17) is 4.74 Å². The van der Waals surface area contributed by atoms with E-state index in [-0.39, 0.29) is 11.9 Å². The fourth-order valence-electron chi connectivity index (χ4n) is 3.35. The van der Waals surface area contributed by atoms with Crippen molar-refractivity contribution < 1.29 is 9.53 Å². The fourth-order valence-corrected chi connectivity index (χ4v) is 3.35. The SMILES string of the molecule is CCN(c1ccc(Nc2ccc(C(=O)NC3CCOCC3)nn2)cc1)C(C)C. The minimum atomic E-state index is -0.191. The van der Waals surface area contributed by atoms with Crippen molar-refractivity contribution in [3.63, 3.8) is 0 Å². The highest BCUT2D eigenvalue weighted by molar-refractivity contribution is 5.92. The molecule has 1 aromatic heterocycles. The fraction of sp³-hybridized carbons (Fsp3) is 0.476. The lowest BCUT2D eigenvalue weighted by molar-refractivity contribution is 0.0693.